The van der Waals surface area contributed by atoms with E-state index in [1.54, 1.807) is 48.5 Å². The molecule has 10 nitrogen and oxygen atoms in total. The summed E-state index contributed by atoms with van der Waals surface area (Å²) in [7, 11) is 0. The molecule has 11 heteroatoms. The SMILES string of the molecule is CCCOc1ccc(C(=O)Oc2ccc(Br)cc2/C=N\NC(=O)COc2ccccc2[N+](=O)[O-])cc1. The Balaban J connectivity index is 1.61. The number of nitrogens with one attached hydrogen (secondary N) is 1. The van der Waals surface area contributed by atoms with Crippen molar-refractivity contribution in [3.05, 3.63) is 92.4 Å². The third kappa shape index (κ3) is 7.64. The van der Waals surface area contributed by atoms with E-state index in [1.165, 1.54) is 24.4 Å². The van der Waals surface area contributed by atoms with Gasteiger partial charge in [-0.25, -0.2) is 10.2 Å². The summed E-state index contributed by atoms with van der Waals surface area (Å²) in [6.07, 6.45) is 2.18. The van der Waals surface area contributed by atoms with E-state index in [4.69, 9.17) is 14.2 Å². The molecule has 0 saturated carbocycles. The summed E-state index contributed by atoms with van der Waals surface area (Å²) in [5.74, 6) is -0.359. The van der Waals surface area contributed by atoms with Gasteiger partial charge in [0, 0.05) is 16.1 Å². The van der Waals surface area contributed by atoms with Gasteiger partial charge in [-0.05, 0) is 55.0 Å². The molecule has 36 heavy (non-hydrogen) atoms. The van der Waals surface area contributed by atoms with Crippen LogP contribution in [0, 0.1) is 10.1 Å². The van der Waals surface area contributed by atoms with Gasteiger partial charge in [-0.15, -0.1) is 0 Å². The number of hydrazone groups is 1. The number of benzene rings is 3. The lowest BCUT2D eigenvalue weighted by Gasteiger charge is -2.09. The lowest BCUT2D eigenvalue weighted by Crippen LogP contribution is -2.24. The second kappa shape index (κ2) is 13.0. The minimum atomic E-state index is -0.636. The lowest BCUT2D eigenvalue weighted by atomic mass is 10.2. The molecule has 0 spiro atoms. The number of esters is 1. The third-order valence-electron chi connectivity index (χ3n) is 4.55. The van der Waals surface area contributed by atoms with Crippen LogP contribution in [-0.4, -0.2) is 36.2 Å². The van der Waals surface area contributed by atoms with Crippen LogP contribution in [0.3, 0.4) is 0 Å². The molecule has 0 aliphatic heterocycles. The molecule has 1 N–H and O–H groups in total. The zero-order valence-corrected chi connectivity index (χ0v) is 20.8. The standard InChI is InChI=1S/C25H22BrN3O7/c1-2-13-34-20-10-7-17(8-11-20)25(31)36-22-12-9-19(26)14-18(22)15-27-28-24(30)16-35-23-6-4-3-5-21(23)29(32)33/h3-12,14-15H,2,13,16H2,1H3,(H,28,30)/b27-15-. The van der Waals surface area contributed by atoms with Gasteiger partial charge < -0.3 is 14.2 Å². The summed E-state index contributed by atoms with van der Waals surface area (Å²) in [6, 6.07) is 17.3. The molecular formula is C25H22BrN3O7. The Morgan fingerprint density at radius 1 is 1.06 bits per heavy atom. The van der Waals surface area contributed by atoms with E-state index in [0.717, 1.165) is 6.42 Å². The Morgan fingerprint density at radius 3 is 2.53 bits per heavy atom. The van der Waals surface area contributed by atoms with E-state index >= 15 is 0 Å². The maximum Gasteiger partial charge on any atom is 0.343 e. The van der Waals surface area contributed by atoms with Crippen molar-refractivity contribution in [2.45, 2.75) is 13.3 Å². The predicted octanol–water partition coefficient (Wildman–Crippen LogP) is 4.89. The van der Waals surface area contributed by atoms with E-state index in [9.17, 15) is 19.7 Å². The molecule has 0 fully saturated rings. The minimum Gasteiger partial charge on any atom is -0.494 e. The fraction of sp³-hybridized carbons (Fsp3) is 0.160. The van der Waals surface area contributed by atoms with Gasteiger partial charge in [-0.1, -0.05) is 35.0 Å². The summed E-state index contributed by atoms with van der Waals surface area (Å²) < 4.78 is 17.0. The number of hydrogen-bond donors (Lipinski definition) is 1. The van der Waals surface area contributed by atoms with Gasteiger partial charge in [0.2, 0.25) is 0 Å². The molecule has 0 heterocycles. The van der Waals surface area contributed by atoms with Crippen molar-refractivity contribution in [1.29, 1.82) is 0 Å². The van der Waals surface area contributed by atoms with Crippen LogP contribution in [0.4, 0.5) is 5.69 Å². The molecule has 0 aliphatic rings. The highest BCUT2D eigenvalue weighted by Gasteiger charge is 2.15. The van der Waals surface area contributed by atoms with E-state index in [2.05, 4.69) is 26.5 Å². The fourth-order valence-corrected chi connectivity index (χ4v) is 3.24. The van der Waals surface area contributed by atoms with Crippen molar-refractivity contribution in [2.75, 3.05) is 13.2 Å². The molecule has 0 atom stereocenters. The summed E-state index contributed by atoms with van der Waals surface area (Å²) >= 11 is 3.35. The van der Waals surface area contributed by atoms with E-state index in [0.29, 0.717) is 28.0 Å². The molecule has 0 unspecified atom stereocenters. The number of ether oxygens (including phenoxy) is 3. The Labute approximate surface area is 215 Å². The molecule has 1 amide bonds. The zero-order valence-electron chi connectivity index (χ0n) is 19.2. The van der Waals surface area contributed by atoms with Crippen molar-refractivity contribution in [1.82, 2.24) is 5.43 Å². The van der Waals surface area contributed by atoms with Crippen LogP contribution in [0.5, 0.6) is 17.2 Å². The Morgan fingerprint density at radius 2 is 1.81 bits per heavy atom. The van der Waals surface area contributed by atoms with Gasteiger partial charge in [-0.3, -0.25) is 14.9 Å². The minimum absolute atomic E-state index is 0.0345. The average Bonchev–Trinajstić information content (AvgIpc) is 2.88. The fourth-order valence-electron chi connectivity index (χ4n) is 2.86. The molecule has 0 radical (unpaired) electrons. The van der Waals surface area contributed by atoms with E-state index in [1.807, 2.05) is 6.92 Å². The number of nitro benzene ring substituents is 1. The predicted molar refractivity (Wildman–Crippen MR) is 136 cm³/mol. The van der Waals surface area contributed by atoms with Crippen LogP contribution >= 0.6 is 15.9 Å². The largest absolute Gasteiger partial charge is 0.494 e. The first-order valence-corrected chi connectivity index (χ1v) is 11.6. The molecule has 0 aromatic heterocycles. The number of nitrogens with zero attached hydrogens (tertiary/aromatic N) is 2. The van der Waals surface area contributed by atoms with Gasteiger partial charge in [-0.2, -0.15) is 5.10 Å². The van der Waals surface area contributed by atoms with Crippen molar-refractivity contribution in [3.8, 4) is 17.2 Å². The number of hydrogen-bond acceptors (Lipinski definition) is 8. The molecule has 3 rings (SSSR count). The van der Waals surface area contributed by atoms with Crippen LogP contribution in [0.1, 0.15) is 29.3 Å². The molecule has 0 aliphatic carbocycles. The Hall–Kier alpha value is -4.25. The normalized spacial score (nSPS) is 10.6. The quantitative estimate of drug-likeness (QED) is 0.117. The van der Waals surface area contributed by atoms with E-state index in [-0.39, 0.29) is 17.2 Å². The summed E-state index contributed by atoms with van der Waals surface area (Å²) in [5.41, 5.74) is 2.77. The van der Waals surface area contributed by atoms with Crippen molar-refractivity contribution in [2.24, 2.45) is 5.10 Å². The van der Waals surface area contributed by atoms with Crippen LogP contribution in [0.2, 0.25) is 0 Å². The smallest absolute Gasteiger partial charge is 0.343 e. The van der Waals surface area contributed by atoms with Gasteiger partial charge in [0.05, 0.1) is 23.3 Å². The number of amides is 1. The lowest BCUT2D eigenvalue weighted by molar-refractivity contribution is -0.385. The molecular weight excluding hydrogens is 534 g/mol. The third-order valence-corrected chi connectivity index (χ3v) is 5.04. The number of rotatable bonds is 11. The monoisotopic (exact) mass is 555 g/mol. The number of carbonyl (C=O) groups excluding carboxylic acids is 2. The molecule has 0 bridgehead atoms. The summed E-state index contributed by atoms with van der Waals surface area (Å²) in [6.45, 7) is 2.10. The first-order chi connectivity index (χ1) is 17.4. The first-order valence-electron chi connectivity index (χ1n) is 10.8. The topological polar surface area (TPSA) is 129 Å². The van der Waals surface area contributed by atoms with Gasteiger partial charge in [0.25, 0.3) is 5.91 Å². The maximum absolute atomic E-state index is 12.6. The highest BCUT2D eigenvalue weighted by atomic mass is 79.9. The number of para-hydroxylation sites is 2. The molecule has 3 aromatic rings. The highest BCUT2D eigenvalue weighted by molar-refractivity contribution is 9.10. The number of halogens is 1. The van der Waals surface area contributed by atoms with Gasteiger partial charge >= 0.3 is 11.7 Å². The van der Waals surface area contributed by atoms with Gasteiger partial charge in [0.15, 0.2) is 12.4 Å². The van der Waals surface area contributed by atoms with E-state index < -0.39 is 23.4 Å². The van der Waals surface area contributed by atoms with Crippen molar-refractivity contribution in [3.63, 3.8) is 0 Å². The highest BCUT2D eigenvalue weighted by Crippen LogP contribution is 2.26. The van der Waals surface area contributed by atoms with Gasteiger partial charge in [0.1, 0.15) is 11.5 Å². The second-order valence-corrected chi connectivity index (χ2v) is 8.17. The molecule has 186 valence electrons. The Bertz CT molecular complexity index is 1260. The van der Waals surface area contributed by atoms with Crippen LogP contribution in [0.25, 0.3) is 0 Å². The zero-order chi connectivity index (χ0) is 25.9. The second-order valence-electron chi connectivity index (χ2n) is 7.25. The first kappa shape index (κ1) is 26.4. The van der Waals surface area contributed by atoms with Crippen molar-refractivity contribution < 1.29 is 28.7 Å². The average molecular weight is 556 g/mol. The summed E-state index contributed by atoms with van der Waals surface area (Å²) in [5, 5.41) is 14.9. The van der Waals surface area contributed by atoms with Crippen LogP contribution in [0.15, 0.2) is 76.3 Å². The molecule has 3 aromatic carbocycles. The summed E-state index contributed by atoms with van der Waals surface area (Å²) in [4.78, 5) is 35.1. The van der Waals surface area contributed by atoms with Crippen LogP contribution in [-0.2, 0) is 4.79 Å². The number of nitro groups is 1. The molecule has 0 saturated heterocycles. The Kier molecular flexibility index (Phi) is 9.52. The van der Waals surface area contributed by atoms with Crippen molar-refractivity contribution >= 4 is 39.7 Å². The number of carbonyl (C=O) groups is 2. The van der Waals surface area contributed by atoms with Crippen LogP contribution < -0.4 is 19.6 Å². The maximum atomic E-state index is 12.6.